The van der Waals surface area contributed by atoms with E-state index in [1.165, 1.54) is 11.1 Å². The van der Waals surface area contributed by atoms with Crippen molar-refractivity contribution < 1.29 is 8.95 Å². The maximum absolute atomic E-state index is 13.6. The van der Waals surface area contributed by atoms with Crippen molar-refractivity contribution >= 4 is 16.5 Å². The normalized spacial score (nSPS) is 22.3. The Hall–Kier alpha value is -2.59. The predicted molar refractivity (Wildman–Crippen MR) is 111 cm³/mol. The minimum absolute atomic E-state index is 0.0641. The molecule has 0 N–H and O–H groups in total. The van der Waals surface area contributed by atoms with Crippen LogP contribution in [-0.2, 0) is 10.8 Å². The molecule has 0 amide bonds. The lowest BCUT2D eigenvalue weighted by atomic mass is 10.1. The monoisotopic (exact) mass is 377 g/mol. The molecule has 0 aliphatic carbocycles. The molecule has 138 valence electrons. The van der Waals surface area contributed by atoms with Crippen molar-refractivity contribution in [1.82, 2.24) is 0 Å². The van der Waals surface area contributed by atoms with Crippen LogP contribution in [0.4, 0.5) is 5.69 Å². The van der Waals surface area contributed by atoms with Gasteiger partial charge in [-0.25, -0.2) is 0 Å². The van der Waals surface area contributed by atoms with Gasteiger partial charge in [0.15, 0.2) is 0 Å². The van der Waals surface area contributed by atoms with Crippen molar-refractivity contribution in [3.8, 4) is 5.75 Å². The summed E-state index contributed by atoms with van der Waals surface area (Å²) in [7, 11) is 0.491. The van der Waals surface area contributed by atoms with Crippen molar-refractivity contribution in [1.29, 1.82) is 0 Å². The fourth-order valence-corrected chi connectivity index (χ4v) is 5.35. The Kier molecular flexibility index (Phi) is 4.52. The first-order valence-electron chi connectivity index (χ1n) is 9.02. The van der Waals surface area contributed by atoms with Crippen molar-refractivity contribution in [3.63, 3.8) is 0 Å². The molecule has 1 fully saturated rings. The molecule has 1 aliphatic heterocycles. The average molecular weight is 378 g/mol. The van der Waals surface area contributed by atoms with Crippen molar-refractivity contribution in [2.24, 2.45) is 0 Å². The number of rotatable bonds is 5. The largest absolute Gasteiger partial charge is 0.497 e. The highest BCUT2D eigenvalue weighted by Crippen LogP contribution is 2.58. The molecular formula is C23H23NO2S. The molecule has 3 aromatic carbocycles. The van der Waals surface area contributed by atoms with Crippen LogP contribution in [0.15, 0.2) is 83.8 Å². The minimum atomic E-state index is -1.17. The van der Waals surface area contributed by atoms with Gasteiger partial charge >= 0.3 is 0 Å². The van der Waals surface area contributed by atoms with Gasteiger partial charge in [-0.1, -0.05) is 48.0 Å². The third-order valence-corrected chi connectivity index (χ3v) is 7.12. The van der Waals surface area contributed by atoms with Crippen LogP contribution in [-0.4, -0.2) is 16.2 Å². The molecule has 3 atom stereocenters. The molecule has 1 aliphatic rings. The van der Waals surface area contributed by atoms with E-state index in [0.29, 0.717) is 0 Å². The Bertz CT molecular complexity index is 954. The average Bonchev–Trinajstić information content (AvgIpc) is 3.35. The highest BCUT2D eigenvalue weighted by molar-refractivity contribution is 7.87. The molecule has 0 saturated carbocycles. The van der Waals surface area contributed by atoms with E-state index >= 15 is 0 Å². The minimum Gasteiger partial charge on any atom is -0.497 e. The first kappa shape index (κ1) is 17.8. The van der Waals surface area contributed by atoms with Crippen LogP contribution in [0.3, 0.4) is 0 Å². The van der Waals surface area contributed by atoms with Gasteiger partial charge in [0.2, 0.25) is 0 Å². The molecule has 0 spiro atoms. The highest BCUT2D eigenvalue weighted by atomic mass is 32.2. The number of benzene rings is 3. The van der Waals surface area contributed by atoms with Gasteiger partial charge in [-0.3, -0.25) is 4.21 Å². The Morgan fingerprint density at radius 3 is 2.15 bits per heavy atom. The first-order valence-corrected chi connectivity index (χ1v) is 10.2. The van der Waals surface area contributed by atoms with Crippen LogP contribution in [0.1, 0.15) is 24.1 Å². The van der Waals surface area contributed by atoms with Crippen molar-refractivity contribution in [2.75, 3.05) is 12.0 Å². The maximum atomic E-state index is 13.6. The summed E-state index contributed by atoms with van der Waals surface area (Å²) in [4.78, 5) is 2.61. The van der Waals surface area contributed by atoms with Crippen LogP contribution >= 0.6 is 0 Å². The summed E-state index contributed by atoms with van der Waals surface area (Å²) >= 11 is 0. The number of hydrogen-bond donors (Lipinski definition) is 0. The van der Waals surface area contributed by atoms with Crippen LogP contribution in [0.5, 0.6) is 5.75 Å². The number of aryl methyl sites for hydroxylation is 1. The van der Waals surface area contributed by atoms with E-state index in [0.717, 1.165) is 16.3 Å². The summed E-state index contributed by atoms with van der Waals surface area (Å²) in [5.41, 5.74) is 3.40. The van der Waals surface area contributed by atoms with Gasteiger partial charge in [-0.15, -0.1) is 0 Å². The second-order valence-corrected chi connectivity index (χ2v) is 8.85. The summed E-state index contributed by atoms with van der Waals surface area (Å²) in [6.07, 6.45) is 0. The van der Waals surface area contributed by atoms with Crippen molar-refractivity contribution in [3.05, 3.63) is 90.0 Å². The molecule has 1 heterocycles. The molecule has 4 rings (SSSR count). The summed E-state index contributed by atoms with van der Waals surface area (Å²) in [5.74, 6) is 0.818. The third kappa shape index (κ3) is 3.04. The highest BCUT2D eigenvalue weighted by Gasteiger charge is 2.64. The standard InChI is InChI=1S/C23H23NO2S/c1-17-9-15-21(16-10-17)27(25)23(2)22(18-7-5-4-6-8-18)24(23)19-11-13-20(26-3)14-12-19/h4-16,22H,1-3H3/t22-,23-,24?,27?/m1/s1. The summed E-state index contributed by atoms with van der Waals surface area (Å²) in [5, 5.41) is 0. The summed E-state index contributed by atoms with van der Waals surface area (Å²) in [6, 6.07) is 26.3. The molecule has 3 aromatic rings. The Morgan fingerprint density at radius 1 is 0.926 bits per heavy atom. The second-order valence-electron chi connectivity index (χ2n) is 7.02. The lowest BCUT2D eigenvalue weighted by Crippen LogP contribution is -2.21. The van der Waals surface area contributed by atoms with Gasteiger partial charge in [0.1, 0.15) is 10.6 Å². The summed E-state index contributed by atoms with van der Waals surface area (Å²) in [6.45, 7) is 4.13. The first-order chi connectivity index (χ1) is 13.1. The number of methoxy groups -OCH3 is 1. The number of anilines is 1. The van der Waals surface area contributed by atoms with Crippen LogP contribution in [0, 0.1) is 6.92 Å². The zero-order valence-corrected chi connectivity index (χ0v) is 16.6. The van der Waals surface area contributed by atoms with E-state index in [4.69, 9.17) is 4.74 Å². The summed E-state index contributed by atoms with van der Waals surface area (Å²) < 4.78 is 18.9. The number of hydrogen-bond acceptors (Lipinski definition) is 3. The zero-order chi connectivity index (χ0) is 19.0. The predicted octanol–water partition coefficient (Wildman–Crippen LogP) is 5.09. The topological polar surface area (TPSA) is 29.3 Å². The van der Waals surface area contributed by atoms with Gasteiger partial charge in [0, 0.05) is 10.6 Å². The van der Waals surface area contributed by atoms with E-state index in [2.05, 4.69) is 24.0 Å². The Morgan fingerprint density at radius 2 is 1.56 bits per heavy atom. The van der Waals surface area contributed by atoms with Crippen LogP contribution in [0.2, 0.25) is 0 Å². The fourth-order valence-electron chi connectivity index (χ4n) is 3.70. The van der Waals surface area contributed by atoms with E-state index in [1.807, 2.05) is 73.7 Å². The van der Waals surface area contributed by atoms with E-state index in [9.17, 15) is 4.21 Å². The van der Waals surface area contributed by atoms with Gasteiger partial charge in [-0.05, 0) is 55.8 Å². The van der Waals surface area contributed by atoms with E-state index in [-0.39, 0.29) is 6.04 Å². The molecule has 4 heteroatoms. The number of ether oxygens (including phenoxy) is 1. The molecule has 1 unspecified atom stereocenters. The molecule has 0 bridgehead atoms. The SMILES string of the molecule is COc1ccc(N2[C@H](c3ccccc3)[C@@]2(C)S(=O)c2ccc(C)cc2)cc1. The lowest BCUT2D eigenvalue weighted by molar-refractivity contribution is 0.415. The Balaban J connectivity index is 1.75. The third-order valence-electron chi connectivity index (χ3n) is 5.25. The quantitative estimate of drug-likeness (QED) is 0.580. The molecule has 3 nitrogen and oxygen atoms in total. The van der Waals surface area contributed by atoms with Crippen LogP contribution in [0.25, 0.3) is 0 Å². The maximum Gasteiger partial charge on any atom is 0.143 e. The molecule has 0 aromatic heterocycles. The van der Waals surface area contributed by atoms with Gasteiger partial charge in [-0.2, -0.15) is 0 Å². The molecule has 0 radical (unpaired) electrons. The second kappa shape index (κ2) is 6.86. The lowest BCUT2D eigenvalue weighted by Gasteiger charge is -2.14. The van der Waals surface area contributed by atoms with Crippen LogP contribution < -0.4 is 9.64 Å². The van der Waals surface area contributed by atoms with E-state index < -0.39 is 15.7 Å². The molecule has 1 saturated heterocycles. The van der Waals surface area contributed by atoms with Gasteiger partial charge in [0.05, 0.1) is 24.0 Å². The van der Waals surface area contributed by atoms with Gasteiger partial charge in [0.25, 0.3) is 0 Å². The smallest absolute Gasteiger partial charge is 0.143 e. The zero-order valence-electron chi connectivity index (χ0n) is 15.8. The number of nitrogens with zero attached hydrogens (tertiary/aromatic N) is 1. The molecular weight excluding hydrogens is 354 g/mol. The Labute approximate surface area is 163 Å². The molecule has 27 heavy (non-hydrogen) atoms. The van der Waals surface area contributed by atoms with Crippen molar-refractivity contribution in [2.45, 2.75) is 29.7 Å². The van der Waals surface area contributed by atoms with E-state index in [1.54, 1.807) is 7.11 Å². The van der Waals surface area contributed by atoms with Gasteiger partial charge < -0.3 is 9.64 Å². The fraction of sp³-hybridized carbons (Fsp3) is 0.217.